The number of hydrogen-bond acceptors (Lipinski definition) is 7. The van der Waals surface area contributed by atoms with Crippen molar-refractivity contribution in [1.82, 2.24) is 20.4 Å². The molecule has 1 aliphatic rings. The van der Waals surface area contributed by atoms with Crippen LogP contribution in [0.1, 0.15) is 68.7 Å². The van der Waals surface area contributed by atoms with Gasteiger partial charge in [-0.05, 0) is 80.9 Å². The van der Waals surface area contributed by atoms with Gasteiger partial charge >= 0.3 is 0 Å². The molecule has 1 aliphatic heterocycles. The molecule has 0 spiro atoms. The molecule has 1 aromatic heterocycles. The maximum absolute atomic E-state index is 5.47. The van der Waals surface area contributed by atoms with Crippen LogP contribution in [0.15, 0.2) is 42.5 Å². The summed E-state index contributed by atoms with van der Waals surface area (Å²) in [4.78, 5) is 2.56. The Kier molecular flexibility index (Phi) is 11.8. The van der Waals surface area contributed by atoms with Crippen LogP contribution in [0.4, 0.5) is 5.82 Å². The topological polar surface area (TPSA) is 71.5 Å². The Morgan fingerprint density at radius 3 is 2.33 bits per heavy atom. The maximum Gasteiger partial charge on any atom is 0.156 e. The molecule has 0 radical (unpaired) electrons. The fraction of sp³-hybridized carbons (Fsp3) is 0.562. The van der Waals surface area contributed by atoms with E-state index in [1.807, 2.05) is 18.2 Å². The van der Waals surface area contributed by atoms with Crippen molar-refractivity contribution >= 4 is 16.6 Å². The molecule has 0 atom stereocenters. The summed E-state index contributed by atoms with van der Waals surface area (Å²) < 4.78 is 10.8. The molecule has 0 bridgehead atoms. The zero-order valence-electron chi connectivity index (χ0n) is 24.2. The van der Waals surface area contributed by atoms with Gasteiger partial charge in [0.1, 0.15) is 5.75 Å². The summed E-state index contributed by atoms with van der Waals surface area (Å²) in [6.07, 6.45) is 9.77. The molecule has 0 saturated carbocycles. The largest absolute Gasteiger partial charge is 0.497 e. The van der Waals surface area contributed by atoms with Gasteiger partial charge in [-0.3, -0.25) is 4.90 Å². The van der Waals surface area contributed by atoms with Crippen LogP contribution in [0.2, 0.25) is 0 Å². The van der Waals surface area contributed by atoms with E-state index in [1.165, 1.54) is 49.7 Å². The van der Waals surface area contributed by atoms with Crippen LogP contribution in [-0.2, 0) is 24.3 Å². The van der Waals surface area contributed by atoms with Crippen LogP contribution in [0.3, 0.4) is 0 Å². The normalized spacial score (nSPS) is 14.6. The number of fused-ring (bicyclic) bond motifs is 1. The first-order chi connectivity index (χ1) is 19.2. The molecule has 39 heavy (non-hydrogen) atoms. The van der Waals surface area contributed by atoms with E-state index in [0.29, 0.717) is 12.6 Å². The second kappa shape index (κ2) is 15.8. The van der Waals surface area contributed by atoms with Crippen LogP contribution in [-0.4, -0.2) is 61.5 Å². The molecule has 7 heteroatoms. The second-order valence-electron chi connectivity index (χ2n) is 10.8. The van der Waals surface area contributed by atoms with Crippen molar-refractivity contribution in [1.29, 1.82) is 0 Å². The molecule has 2 N–H and O–H groups in total. The average Bonchev–Trinajstić information content (AvgIpc) is 2.97. The number of nitrogens with zero attached hydrogens (tertiary/aromatic N) is 3. The fourth-order valence-electron chi connectivity index (χ4n) is 5.37. The number of hydrogen-bond donors (Lipinski definition) is 2. The van der Waals surface area contributed by atoms with E-state index >= 15 is 0 Å². The predicted octanol–water partition coefficient (Wildman–Crippen LogP) is 5.96. The predicted molar refractivity (Wildman–Crippen MR) is 160 cm³/mol. The van der Waals surface area contributed by atoms with Gasteiger partial charge in [0.25, 0.3) is 0 Å². The fourth-order valence-corrected chi connectivity index (χ4v) is 5.37. The van der Waals surface area contributed by atoms with E-state index in [0.717, 1.165) is 73.6 Å². The molecule has 0 unspecified atom stereocenters. The minimum atomic E-state index is 0.377. The molecule has 2 aromatic carbocycles. The van der Waals surface area contributed by atoms with Gasteiger partial charge in [0, 0.05) is 43.6 Å². The van der Waals surface area contributed by atoms with E-state index in [9.17, 15) is 0 Å². The number of anilines is 1. The third-order valence-corrected chi connectivity index (χ3v) is 7.73. The molecule has 0 aliphatic carbocycles. The summed E-state index contributed by atoms with van der Waals surface area (Å²) in [6, 6.07) is 15.7. The molecular weight excluding hydrogens is 486 g/mol. The van der Waals surface area contributed by atoms with E-state index in [4.69, 9.17) is 9.47 Å². The van der Waals surface area contributed by atoms with Crippen LogP contribution >= 0.6 is 0 Å². The van der Waals surface area contributed by atoms with Crippen molar-refractivity contribution in [2.24, 2.45) is 0 Å². The molecule has 2 heterocycles. The number of piperidine rings is 1. The monoisotopic (exact) mass is 533 g/mol. The molecule has 212 valence electrons. The standard InChI is InChI=1S/C32H47N5O2/c1-4-5-7-18-33-19-8-6-9-25-10-12-26(13-11-25)23-37-20-16-27(17-21-37)34-32-30-22-28(39-3)14-15-29(30)31(24-38-2)35-36-32/h10-15,22,27,33H,4-9,16-21,23-24H2,1-3H3,(H,34,36). The molecule has 7 nitrogen and oxygen atoms in total. The summed E-state index contributed by atoms with van der Waals surface area (Å²) in [5, 5.41) is 18.3. The molecule has 1 fully saturated rings. The highest BCUT2D eigenvalue weighted by Crippen LogP contribution is 2.29. The smallest absolute Gasteiger partial charge is 0.156 e. The van der Waals surface area contributed by atoms with Crippen LogP contribution in [0, 0.1) is 0 Å². The van der Waals surface area contributed by atoms with Crippen LogP contribution in [0.25, 0.3) is 10.8 Å². The number of aromatic nitrogens is 2. The summed E-state index contributed by atoms with van der Waals surface area (Å²) in [5.41, 5.74) is 3.70. The number of benzene rings is 2. The minimum absolute atomic E-state index is 0.377. The van der Waals surface area contributed by atoms with Gasteiger partial charge < -0.3 is 20.1 Å². The number of ether oxygens (including phenoxy) is 2. The third kappa shape index (κ3) is 8.88. The number of rotatable bonds is 16. The number of nitrogens with one attached hydrogen (secondary N) is 2. The maximum atomic E-state index is 5.47. The number of likely N-dealkylation sites (tertiary alicyclic amines) is 1. The van der Waals surface area contributed by atoms with Gasteiger partial charge in [0.15, 0.2) is 5.82 Å². The van der Waals surface area contributed by atoms with Crippen molar-refractivity contribution in [3.8, 4) is 5.75 Å². The van der Waals surface area contributed by atoms with Gasteiger partial charge in [-0.25, -0.2) is 0 Å². The number of methoxy groups -OCH3 is 2. The quantitative estimate of drug-likeness (QED) is 0.220. The second-order valence-corrected chi connectivity index (χ2v) is 10.8. The zero-order valence-corrected chi connectivity index (χ0v) is 24.2. The summed E-state index contributed by atoms with van der Waals surface area (Å²) in [5.74, 6) is 1.64. The van der Waals surface area contributed by atoms with Crippen molar-refractivity contribution in [2.75, 3.05) is 45.7 Å². The SMILES string of the molecule is CCCCCNCCCCc1ccc(CN2CCC(Nc3nnc(COC)c4ccc(OC)cc34)CC2)cc1. The van der Waals surface area contributed by atoms with Gasteiger partial charge in [0.2, 0.25) is 0 Å². The van der Waals surface area contributed by atoms with Crippen LogP contribution < -0.4 is 15.4 Å². The van der Waals surface area contributed by atoms with E-state index < -0.39 is 0 Å². The minimum Gasteiger partial charge on any atom is -0.497 e. The summed E-state index contributed by atoms with van der Waals surface area (Å²) >= 11 is 0. The third-order valence-electron chi connectivity index (χ3n) is 7.73. The van der Waals surface area contributed by atoms with Gasteiger partial charge in [0.05, 0.1) is 19.4 Å². The van der Waals surface area contributed by atoms with Gasteiger partial charge in [-0.1, -0.05) is 44.0 Å². The van der Waals surface area contributed by atoms with Gasteiger partial charge in [-0.2, -0.15) is 5.10 Å². The highest BCUT2D eigenvalue weighted by molar-refractivity contribution is 5.94. The Balaban J connectivity index is 1.22. The first-order valence-corrected chi connectivity index (χ1v) is 14.8. The molecule has 4 rings (SSSR count). The lowest BCUT2D eigenvalue weighted by Gasteiger charge is -2.32. The lowest BCUT2D eigenvalue weighted by atomic mass is 10.0. The van der Waals surface area contributed by atoms with Gasteiger partial charge in [-0.15, -0.1) is 5.10 Å². The Labute approximate surface area is 234 Å². The molecule has 3 aromatic rings. The van der Waals surface area contributed by atoms with Crippen LogP contribution in [0.5, 0.6) is 5.75 Å². The average molecular weight is 534 g/mol. The first-order valence-electron chi connectivity index (χ1n) is 14.8. The van der Waals surface area contributed by atoms with E-state index in [1.54, 1.807) is 14.2 Å². The molecule has 1 saturated heterocycles. The highest BCUT2D eigenvalue weighted by atomic mass is 16.5. The Morgan fingerprint density at radius 1 is 0.872 bits per heavy atom. The van der Waals surface area contributed by atoms with E-state index in [-0.39, 0.29) is 0 Å². The van der Waals surface area contributed by atoms with Crippen molar-refractivity contribution in [2.45, 2.75) is 77.5 Å². The van der Waals surface area contributed by atoms with E-state index in [2.05, 4.69) is 56.9 Å². The number of unbranched alkanes of at least 4 members (excludes halogenated alkanes) is 3. The Morgan fingerprint density at radius 2 is 1.62 bits per heavy atom. The zero-order chi connectivity index (χ0) is 27.3. The lowest BCUT2D eigenvalue weighted by molar-refractivity contribution is 0.182. The Hall–Kier alpha value is -2.74. The van der Waals surface area contributed by atoms with Crippen molar-refractivity contribution in [3.05, 3.63) is 59.3 Å². The first kappa shape index (κ1) is 29.2. The highest BCUT2D eigenvalue weighted by Gasteiger charge is 2.21. The lowest BCUT2D eigenvalue weighted by Crippen LogP contribution is -2.38. The Bertz CT molecular complexity index is 1130. The van der Waals surface area contributed by atoms with Crippen molar-refractivity contribution in [3.63, 3.8) is 0 Å². The molecule has 0 amide bonds. The summed E-state index contributed by atoms with van der Waals surface area (Å²) in [6.45, 7) is 8.15. The summed E-state index contributed by atoms with van der Waals surface area (Å²) in [7, 11) is 3.37. The molecular formula is C32H47N5O2. The van der Waals surface area contributed by atoms with Crippen molar-refractivity contribution < 1.29 is 9.47 Å². The number of aryl methyl sites for hydroxylation is 1.